The van der Waals surface area contributed by atoms with E-state index in [9.17, 15) is 9.59 Å². The molecule has 0 spiro atoms. The molecule has 5 nitrogen and oxygen atoms in total. The Labute approximate surface area is 187 Å². The number of allylic oxidation sites excluding steroid dienone is 1. The molecule has 0 atom stereocenters. The van der Waals surface area contributed by atoms with Crippen LogP contribution >= 0.6 is 46.4 Å². The number of nitrogens with one attached hydrogen (secondary N) is 1. The predicted molar refractivity (Wildman–Crippen MR) is 115 cm³/mol. The standard InChI is InChI=1S/C20H13Cl4NO4/c21-13-5-8-18(17(24)10-13)29-12-20(27)28-9-3-1-2-4-19(26)25-14-6-7-15(22)16(23)11-14/h2,4-8,10-11H,9,12H2,(H,25,26). The highest BCUT2D eigenvalue weighted by Gasteiger charge is 2.07. The Kier molecular flexibility index (Phi) is 9.17. The number of benzene rings is 2. The molecule has 0 heterocycles. The summed E-state index contributed by atoms with van der Waals surface area (Å²) in [5, 5.41) is 4.07. The Hall–Kier alpha value is -2.36. The van der Waals surface area contributed by atoms with E-state index in [1.807, 2.05) is 0 Å². The molecule has 0 saturated carbocycles. The van der Waals surface area contributed by atoms with Crippen molar-refractivity contribution in [2.24, 2.45) is 0 Å². The maximum atomic E-state index is 11.8. The van der Waals surface area contributed by atoms with Crippen LogP contribution in [-0.4, -0.2) is 25.1 Å². The minimum atomic E-state index is -0.619. The van der Waals surface area contributed by atoms with Gasteiger partial charge in [-0.25, -0.2) is 4.79 Å². The van der Waals surface area contributed by atoms with Gasteiger partial charge in [0.15, 0.2) is 13.2 Å². The molecule has 1 amide bonds. The number of amides is 1. The van der Waals surface area contributed by atoms with Crippen LogP contribution in [0.3, 0.4) is 0 Å². The third kappa shape index (κ3) is 8.26. The number of rotatable bonds is 6. The van der Waals surface area contributed by atoms with Gasteiger partial charge in [0.05, 0.1) is 15.1 Å². The molecule has 1 N–H and O–H groups in total. The zero-order valence-corrected chi connectivity index (χ0v) is 17.7. The van der Waals surface area contributed by atoms with Crippen LogP contribution in [-0.2, 0) is 14.3 Å². The summed E-state index contributed by atoms with van der Waals surface area (Å²) >= 11 is 23.4. The molecule has 0 bridgehead atoms. The quantitative estimate of drug-likeness (QED) is 0.346. The van der Waals surface area contributed by atoms with Crippen LogP contribution < -0.4 is 10.1 Å². The molecule has 2 rings (SSSR count). The molecule has 0 aliphatic heterocycles. The number of ether oxygens (including phenoxy) is 2. The van der Waals surface area contributed by atoms with Crippen LogP contribution in [0, 0.1) is 11.8 Å². The smallest absolute Gasteiger partial charge is 0.345 e. The topological polar surface area (TPSA) is 64.6 Å². The first-order valence-electron chi connectivity index (χ1n) is 7.99. The highest BCUT2D eigenvalue weighted by molar-refractivity contribution is 6.42. The first-order valence-corrected chi connectivity index (χ1v) is 9.51. The van der Waals surface area contributed by atoms with E-state index in [1.54, 1.807) is 24.3 Å². The SMILES string of the molecule is O=C(C=CC#CCOC(=O)COc1ccc(Cl)cc1Cl)Nc1ccc(Cl)c(Cl)c1. The lowest BCUT2D eigenvalue weighted by molar-refractivity contribution is -0.144. The van der Waals surface area contributed by atoms with Gasteiger partial charge in [-0.05, 0) is 42.5 Å². The van der Waals surface area contributed by atoms with Gasteiger partial charge in [0, 0.05) is 16.8 Å². The van der Waals surface area contributed by atoms with Crippen molar-refractivity contribution in [3.63, 3.8) is 0 Å². The molecule has 0 radical (unpaired) electrons. The summed E-state index contributed by atoms with van der Waals surface area (Å²) in [5.74, 6) is 4.44. The molecule has 0 aliphatic carbocycles. The van der Waals surface area contributed by atoms with E-state index in [-0.39, 0.29) is 18.2 Å². The minimum absolute atomic E-state index is 0.157. The predicted octanol–water partition coefficient (Wildman–Crippen LogP) is 5.42. The number of carbonyl (C=O) groups is 2. The maximum Gasteiger partial charge on any atom is 0.345 e. The second-order valence-corrected chi connectivity index (χ2v) is 6.95. The van der Waals surface area contributed by atoms with E-state index in [1.165, 1.54) is 24.3 Å². The molecule has 9 heteroatoms. The van der Waals surface area contributed by atoms with Crippen LogP contribution in [0.2, 0.25) is 20.1 Å². The second-order valence-electron chi connectivity index (χ2n) is 5.30. The fraction of sp³-hybridized carbons (Fsp3) is 0.100. The van der Waals surface area contributed by atoms with Crippen molar-refractivity contribution in [2.45, 2.75) is 0 Å². The Morgan fingerprint density at radius 1 is 1.00 bits per heavy atom. The Morgan fingerprint density at radius 2 is 1.79 bits per heavy atom. The summed E-state index contributed by atoms with van der Waals surface area (Å²) in [5.41, 5.74) is 0.497. The van der Waals surface area contributed by atoms with Crippen molar-refractivity contribution in [3.8, 4) is 17.6 Å². The van der Waals surface area contributed by atoms with Crippen LogP contribution in [0.1, 0.15) is 0 Å². The third-order valence-electron chi connectivity index (χ3n) is 3.15. The molecular weight excluding hydrogens is 460 g/mol. The van der Waals surface area contributed by atoms with Gasteiger partial charge in [-0.1, -0.05) is 58.2 Å². The number of hydrogen-bond acceptors (Lipinski definition) is 4. The molecule has 29 heavy (non-hydrogen) atoms. The molecule has 0 aromatic heterocycles. The number of anilines is 1. The third-order valence-corrected chi connectivity index (χ3v) is 4.42. The van der Waals surface area contributed by atoms with Crippen molar-refractivity contribution in [1.82, 2.24) is 0 Å². The van der Waals surface area contributed by atoms with Crippen LogP contribution in [0.25, 0.3) is 0 Å². The van der Waals surface area contributed by atoms with Gasteiger partial charge < -0.3 is 14.8 Å². The van der Waals surface area contributed by atoms with Gasteiger partial charge in [-0.3, -0.25) is 4.79 Å². The summed E-state index contributed by atoms with van der Waals surface area (Å²) < 4.78 is 10.1. The summed E-state index contributed by atoms with van der Waals surface area (Å²) in [6, 6.07) is 9.35. The monoisotopic (exact) mass is 471 g/mol. The van der Waals surface area contributed by atoms with E-state index in [4.69, 9.17) is 55.9 Å². The van der Waals surface area contributed by atoms with Gasteiger partial charge in [0.1, 0.15) is 5.75 Å². The molecule has 0 saturated heterocycles. The van der Waals surface area contributed by atoms with Crippen LogP contribution in [0.5, 0.6) is 5.75 Å². The summed E-state index contributed by atoms with van der Waals surface area (Å²) in [6.45, 7) is -0.486. The van der Waals surface area contributed by atoms with Gasteiger partial charge in [-0.15, -0.1) is 0 Å². The van der Waals surface area contributed by atoms with E-state index < -0.39 is 11.9 Å². The number of halogens is 4. The first kappa shape index (κ1) is 22.9. The molecule has 0 aliphatic rings. The maximum absolute atomic E-state index is 11.8. The molecule has 2 aromatic carbocycles. The minimum Gasteiger partial charge on any atom is -0.480 e. The Balaban J connectivity index is 1.70. The van der Waals surface area contributed by atoms with Crippen molar-refractivity contribution < 1.29 is 19.1 Å². The lowest BCUT2D eigenvalue weighted by Crippen LogP contribution is -2.15. The number of hydrogen-bond donors (Lipinski definition) is 1. The second kappa shape index (κ2) is 11.6. The van der Waals surface area contributed by atoms with Gasteiger partial charge in [-0.2, -0.15) is 0 Å². The van der Waals surface area contributed by atoms with Crippen LogP contribution in [0.15, 0.2) is 48.6 Å². The highest BCUT2D eigenvalue weighted by atomic mass is 35.5. The fourth-order valence-corrected chi connectivity index (χ4v) is 2.62. The van der Waals surface area contributed by atoms with E-state index in [0.29, 0.717) is 26.5 Å². The summed E-state index contributed by atoms with van der Waals surface area (Å²) in [4.78, 5) is 23.4. The first-order chi connectivity index (χ1) is 13.8. The summed E-state index contributed by atoms with van der Waals surface area (Å²) in [7, 11) is 0. The lowest BCUT2D eigenvalue weighted by atomic mass is 10.3. The Morgan fingerprint density at radius 3 is 2.52 bits per heavy atom. The zero-order chi connectivity index (χ0) is 21.2. The molecule has 2 aromatic rings. The van der Waals surface area contributed by atoms with Crippen molar-refractivity contribution >= 4 is 64.0 Å². The molecule has 0 unspecified atom stereocenters. The molecule has 150 valence electrons. The zero-order valence-electron chi connectivity index (χ0n) is 14.7. The van der Waals surface area contributed by atoms with Crippen molar-refractivity contribution in [1.29, 1.82) is 0 Å². The van der Waals surface area contributed by atoms with Gasteiger partial charge in [0.2, 0.25) is 5.91 Å². The number of carbonyl (C=O) groups excluding carboxylic acids is 2. The average molecular weight is 473 g/mol. The van der Waals surface area contributed by atoms with Gasteiger partial charge in [0.25, 0.3) is 0 Å². The van der Waals surface area contributed by atoms with Crippen molar-refractivity contribution in [3.05, 3.63) is 68.6 Å². The largest absolute Gasteiger partial charge is 0.480 e. The number of esters is 1. The van der Waals surface area contributed by atoms with E-state index in [0.717, 1.165) is 0 Å². The van der Waals surface area contributed by atoms with Crippen LogP contribution in [0.4, 0.5) is 5.69 Å². The Bertz CT molecular complexity index is 996. The lowest BCUT2D eigenvalue weighted by Gasteiger charge is -2.07. The normalized spacial score (nSPS) is 10.2. The van der Waals surface area contributed by atoms with E-state index >= 15 is 0 Å². The summed E-state index contributed by atoms with van der Waals surface area (Å²) in [6.07, 6.45) is 2.55. The van der Waals surface area contributed by atoms with E-state index in [2.05, 4.69) is 17.2 Å². The highest BCUT2D eigenvalue weighted by Crippen LogP contribution is 2.27. The fourth-order valence-electron chi connectivity index (χ4n) is 1.86. The molecular formula is C20H13Cl4NO4. The van der Waals surface area contributed by atoms with Gasteiger partial charge >= 0.3 is 5.97 Å². The average Bonchev–Trinajstić information content (AvgIpc) is 2.66. The van der Waals surface area contributed by atoms with Crippen molar-refractivity contribution in [2.75, 3.05) is 18.5 Å². The molecule has 0 fully saturated rings.